The van der Waals surface area contributed by atoms with E-state index in [1.165, 1.54) is 0 Å². The highest BCUT2D eigenvalue weighted by Gasteiger charge is 2.31. The number of hydrogen-bond donors (Lipinski definition) is 15. The van der Waals surface area contributed by atoms with Gasteiger partial charge in [0.1, 0.15) is 40.1 Å². The highest BCUT2D eigenvalue weighted by atomic mass is 32.2. The first-order valence-electron chi connectivity index (χ1n) is 15.6. The highest BCUT2D eigenvalue weighted by molar-refractivity contribution is 7.87. The third-order valence-electron chi connectivity index (χ3n) is 6.05. The van der Waals surface area contributed by atoms with Gasteiger partial charge in [-0.1, -0.05) is 156 Å². The average Bonchev–Trinajstić information content (AvgIpc) is 3.18. The van der Waals surface area contributed by atoms with E-state index in [0.29, 0.717) is 0 Å². The zero-order valence-corrected chi connectivity index (χ0v) is 34.7. The number of aliphatic hydroxyl groups is 13. The maximum absolute atomic E-state index is 11.2. The summed E-state index contributed by atoms with van der Waals surface area (Å²) in [7, 11) is -11.2. The lowest BCUT2D eigenvalue weighted by Crippen LogP contribution is -2.32. The first-order chi connectivity index (χ1) is 25.9. The molecule has 0 saturated heterocycles. The summed E-state index contributed by atoms with van der Waals surface area (Å²) < 4.78 is 91.8. The second kappa shape index (κ2) is 101. The summed E-state index contributed by atoms with van der Waals surface area (Å²) in [6.07, 6.45) is -3.05. The molecular weight excluding hydrogens is 1110 g/mol. The summed E-state index contributed by atoms with van der Waals surface area (Å²) in [5.41, 5.74) is -2.13. The van der Waals surface area contributed by atoms with Crippen LogP contribution in [0.4, 0.5) is 0 Å². The Labute approximate surface area is 479 Å². The van der Waals surface area contributed by atoms with Crippen molar-refractivity contribution in [1.82, 2.24) is 0 Å². The molecule has 0 bridgehead atoms. The normalized spacial score (nSPS) is 11.6. The quantitative estimate of drug-likeness (QED) is 0.0380. The summed E-state index contributed by atoms with van der Waals surface area (Å²) in [4.78, 5) is 18.0. The monoisotopic (exact) mass is 1260 g/mol. The molecule has 0 radical (unpaired) electrons. The summed E-state index contributed by atoms with van der Waals surface area (Å²) in [6.45, 7) is -6.13. The Morgan fingerprint density at radius 2 is 0.545 bits per heavy atom. The van der Waals surface area contributed by atoms with Crippen LogP contribution in [0.5, 0.6) is 0 Å². The van der Waals surface area contributed by atoms with E-state index in [9.17, 15) is 30.9 Å². The molecule has 0 aromatic rings. The van der Waals surface area contributed by atoms with Crippen molar-refractivity contribution < 1.29 is 129 Å². The van der Waals surface area contributed by atoms with Gasteiger partial charge in [-0.2, -0.15) is 16.8 Å². The highest BCUT2D eigenvalue weighted by Crippen LogP contribution is 2.46. The molecule has 0 amide bonds. The van der Waals surface area contributed by atoms with Crippen LogP contribution in [0.2, 0.25) is 0 Å². The molecule has 0 aromatic carbocycles. The van der Waals surface area contributed by atoms with Crippen LogP contribution < -0.4 is 0 Å². The van der Waals surface area contributed by atoms with Crippen LogP contribution in [0.25, 0.3) is 0 Å². The minimum Gasteiger partial charge on any atom is -0.395 e. The molecule has 0 aliphatic rings. The molecule has 31 heteroatoms. The van der Waals surface area contributed by atoms with Crippen LogP contribution in [-0.4, -0.2) is 254 Å². The van der Waals surface area contributed by atoms with Crippen molar-refractivity contribution in [3.63, 3.8) is 0 Å². The second-order valence-corrected chi connectivity index (χ2v) is 18.6. The van der Waals surface area contributed by atoms with E-state index in [2.05, 4.69) is 17.4 Å². The molecule has 15 N–H and O–H groups in total. The number of ether oxygens (including phenoxy) is 2. The fourth-order valence-electron chi connectivity index (χ4n) is 2.39. The molecule has 0 rings (SSSR count). The summed E-state index contributed by atoms with van der Waals surface area (Å²) in [5, 5.41) is 107. The van der Waals surface area contributed by atoms with Crippen LogP contribution in [0.15, 0.2) is 0 Å². The van der Waals surface area contributed by atoms with Crippen LogP contribution in [0.1, 0.15) is 156 Å². The SMILES string of the molecule is C.C.C.C.C.C.C.C.C.C.C.C.C.C.C.C.C.C.C.C.C.COP(=O)(O)C(CO)CO.COP(=O)(O)C(CO)COCC(O)CO.COS(=O)(=O)C(CO)CO.COS(=O)(=O)C(CO)COCC(O)CO.OCC(O)CO. The van der Waals surface area contributed by atoms with E-state index in [-0.39, 0.29) is 196 Å². The fourth-order valence-corrected chi connectivity index (χ4v) is 5.26. The van der Waals surface area contributed by atoms with E-state index in [1.54, 1.807) is 0 Å². The van der Waals surface area contributed by atoms with Crippen molar-refractivity contribution >= 4 is 35.4 Å². The first-order valence-corrected chi connectivity index (χ1v) is 21.8. The standard InChI is InChI=1S/C7H17O7P.C7H16O7S.C4H11O5P.C4H10O5S.C3H8O3.21CH4/c2*1-13-15(11,12)7(3-9)5-14-4-6(10)2-8;2*1-9-10(7,8)4(2-5)3-6;4-1-3(6)2-5;;;;;;;;;;;;;;;;;;;;;/h6-10H,2-5H2,1H3,(H,11,12);6-10H,2-5H2,1H3;4-6H,2-3H2,1H3,(H,7,8);4-6H,2-3H2,1H3;3-6H,1-2H2;21*1H4. The van der Waals surface area contributed by atoms with E-state index in [4.69, 9.17) is 80.8 Å². The molecule has 514 valence electrons. The Balaban J connectivity index is -0.0000000168. The maximum Gasteiger partial charge on any atom is 0.335 e. The Hall–Kier alpha value is -0.480. The Morgan fingerprint density at radius 3 is 0.701 bits per heavy atom. The van der Waals surface area contributed by atoms with Gasteiger partial charge >= 0.3 is 15.2 Å². The van der Waals surface area contributed by atoms with Gasteiger partial charge in [-0.05, 0) is 0 Å². The number of hydrogen-bond acceptors (Lipinski definition) is 25. The van der Waals surface area contributed by atoms with Gasteiger partial charge in [-0.25, -0.2) is 0 Å². The van der Waals surface area contributed by atoms with Crippen molar-refractivity contribution in [2.24, 2.45) is 0 Å². The molecule has 27 nitrogen and oxygen atoms in total. The van der Waals surface area contributed by atoms with Gasteiger partial charge in [0.2, 0.25) is 0 Å². The third kappa shape index (κ3) is 89.5. The maximum atomic E-state index is 11.2. The van der Waals surface area contributed by atoms with Gasteiger partial charge in [-0.3, -0.25) is 17.5 Å². The minimum atomic E-state index is -3.87. The van der Waals surface area contributed by atoms with E-state index in [0.717, 1.165) is 28.4 Å². The van der Waals surface area contributed by atoms with Crippen LogP contribution in [0.3, 0.4) is 0 Å². The lowest BCUT2D eigenvalue weighted by atomic mass is 10.4. The van der Waals surface area contributed by atoms with Crippen molar-refractivity contribution in [1.29, 1.82) is 0 Å². The van der Waals surface area contributed by atoms with Crippen molar-refractivity contribution in [3.8, 4) is 0 Å². The molecule has 0 aliphatic heterocycles. The minimum absolute atomic E-state index is 0. The zero-order chi connectivity index (χ0) is 45.2. The van der Waals surface area contributed by atoms with Crippen LogP contribution in [-0.2, 0) is 56.3 Å². The molecule has 0 heterocycles. The molecule has 6 atom stereocenters. The van der Waals surface area contributed by atoms with Gasteiger partial charge in [0, 0.05) is 14.2 Å². The van der Waals surface area contributed by atoms with Crippen molar-refractivity contribution in [3.05, 3.63) is 0 Å². The molecular formula is C46H146O27P2S2. The van der Waals surface area contributed by atoms with Gasteiger partial charge in [0.25, 0.3) is 20.2 Å². The first kappa shape index (κ1) is 171. The lowest BCUT2D eigenvalue weighted by molar-refractivity contribution is 0.00212. The average molecular weight is 1260 g/mol. The van der Waals surface area contributed by atoms with Crippen molar-refractivity contribution in [2.45, 2.75) is 196 Å². The fraction of sp³-hybridized carbons (Fsp3) is 1.00. The molecule has 77 heavy (non-hydrogen) atoms. The largest absolute Gasteiger partial charge is 0.395 e. The second-order valence-electron chi connectivity index (χ2n) is 10.2. The Morgan fingerprint density at radius 1 is 0.325 bits per heavy atom. The Kier molecular flexibility index (Phi) is 224. The number of rotatable bonds is 26. The van der Waals surface area contributed by atoms with Gasteiger partial charge in [0.15, 0.2) is 0 Å². The van der Waals surface area contributed by atoms with E-state index < -0.39 is 128 Å². The summed E-state index contributed by atoms with van der Waals surface area (Å²) >= 11 is 0. The van der Waals surface area contributed by atoms with Crippen molar-refractivity contribution in [2.75, 3.05) is 121 Å². The molecule has 0 fully saturated rings. The molecule has 0 aromatic heterocycles. The molecule has 0 saturated carbocycles. The predicted octanol–water partition coefficient (Wildman–Crippen LogP) is 5.42. The van der Waals surface area contributed by atoms with Gasteiger partial charge in [-0.15, -0.1) is 0 Å². The number of aliphatic hydroxyl groups excluding tert-OH is 13. The molecule has 0 aliphatic carbocycles. The van der Waals surface area contributed by atoms with Crippen LogP contribution >= 0.6 is 15.2 Å². The zero-order valence-electron chi connectivity index (χ0n) is 31.3. The lowest BCUT2D eigenvalue weighted by Gasteiger charge is -2.19. The Bertz CT molecular complexity index is 1200. The van der Waals surface area contributed by atoms with Crippen LogP contribution in [0, 0.1) is 0 Å². The van der Waals surface area contributed by atoms with E-state index >= 15 is 0 Å². The molecule has 0 spiro atoms. The van der Waals surface area contributed by atoms with Gasteiger partial charge in [0.05, 0.1) is 107 Å². The van der Waals surface area contributed by atoms with Gasteiger partial charge < -0.3 is 94.7 Å². The summed E-state index contributed by atoms with van der Waals surface area (Å²) in [6, 6.07) is 0. The third-order valence-corrected chi connectivity index (χ3v) is 12.7. The molecule has 6 unspecified atom stereocenters. The smallest absolute Gasteiger partial charge is 0.335 e. The topological polar surface area (TPSA) is 461 Å². The predicted molar refractivity (Wildman–Crippen MR) is 333 cm³/mol. The summed E-state index contributed by atoms with van der Waals surface area (Å²) in [5.74, 6) is 0. The van der Waals surface area contributed by atoms with E-state index in [1.807, 2.05) is 0 Å².